The molecule has 0 radical (unpaired) electrons. The minimum Gasteiger partial charge on any atom is -0.394 e. The van der Waals surface area contributed by atoms with Crippen LogP contribution in [0.15, 0.2) is 43.0 Å². The SMILES string of the molecule is CN(CCc1ccccc1)c1ncnc2c1ncn2[C@@H]1O[C@H](CO)[C@@H](O)[C@H]1O. The summed E-state index contributed by atoms with van der Waals surface area (Å²) >= 11 is 0. The van der Waals surface area contributed by atoms with Crippen molar-refractivity contribution < 1.29 is 20.1 Å². The van der Waals surface area contributed by atoms with Gasteiger partial charge < -0.3 is 25.0 Å². The molecule has 0 bridgehead atoms. The van der Waals surface area contributed by atoms with Crippen LogP contribution in [-0.2, 0) is 11.2 Å². The molecule has 9 nitrogen and oxygen atoms in total. The Hall–Kier alpha value is -2.59. The van der Waals surface area contributed by atoms with Gasteiger partial charge in [0.05, 0.1) is 12.9 Å². The standard InChI is InChI=1S/C19H23N5O4/c1-23(8-7-12-5-3-2-4-6-12)17-14-18(21-10-20-17)24(11-22-14)19-16(27)15(26)13(9-25)28-19/h2-6,10-11,13,15-16,19,25-27H,7-9H2,1H3/t13-,15-,16-,19-/m1/s1. The molecule has 1 aliphatic rings. The van der Waals surface area contributed by atoms with Crippen molar-refractivity contribution in [2.45, 2.75) is 31.0 Å². The van der Waals surface area contributed by atoms with Gasteiger partial charge in [0.25, 0.3) is 0 Å². The van der Waals surface area contributed by atoms with Crippen LogP contribution in [0, 0.1) is 0 Å². The summed E-state index contributed by atoms with van der Waals surface area (Å²) in [6, 6.07) is 10.2. The van der Waals surface area contributed by atoms with Gasteiger partial charge in [0.1, 0.15) is 24.6 Å². The molecule has 3 heterocycles. The highest BCUT2D eigenvalue weighted by Crippen LogP contribution is 2.32. The first kappa shape index (κ1) is 18.8. The van der Waals surface area contributed by atoms with E-state index in [9.17, 15) is 15.3 Å². The van der Waals surface area contributed by atoms with E-state index in [1.54, 1.807) is 4.57 Å². The Labute approximate surface area is 161 Å². The maximum Gasteiger partial charge on any atom is 0.167 e. The molecule has 0 aliphatic carbocycles. The number of likely N-dealkylation sites (N-methyl/N-ethyl adjacent to an activating group) is 1. The lowest BCUT2D eigenvalue weighted by molar-refractivity contribution is -0.0511. The summed E-state index contributed by atoms with van der Waals surface area (Å²) in [5, 5.41) is 29.6. The third kappa shape index (κ3) is 3.33. The van der Waals surface area contributed by atoms with Crippen molar-refractivity contribution in [2.75, 3.05) is 25.1 Å². The number of imidazole rings is 1. The van der Waals surface area contributed by atoms with E-state index in [2.05, 4.69) is 27.1 Å². The van der Waals surface area contributed by atoms with E-state index in [4.69, 9.17) is 4.74 Å². The van der Waals surface area contributed by atoms with Crippen molar-refractivity contribution in [1.29, 1.82) is 0 Å². The lowest BCUT2D eigenvalue weighted by Gasteiger charge is -2.19. The fraction of sp³-hybridized carbons (Fsp3) is 0.421. The Morgan fingerprint density at radius 1 is 1.11 bits per heavy atom. The van der Waals surface area contributed by atoms with Gasteiger partial charge in [-0.2, -0.15) is 0 Å². The van der Waals surface area contributed by atoms with Crippen molar-refractivity contribution >= 4 is 17.0 Å². The lowest BCUT2D eigenvalue weighted by Crippen LogP contribution is -2.33. The second-order valence-corrected chi connectivity index (χ2v) is 6.91. The summed E-state index contributed by atoms with van der Waals surface area (Å²) in [6.45, 7) is 0.362. The van der Waals surface area contributed by atoms with Crippen molar-refractivity contribution in [2.24, 2.45) is 0 Å². The number of rotatable bonds is 6. The zero-order chi connectivity index (χ0) is 19.7. The monoisotopic (exact) mass is 385 g/mol. The van der Waals surface area contributed by atoms with Gasteiger partial charge in [-0.3, -0.25) is 4.57 Å². The second kappa shape index (κ2) is 7.80. The van der Waals surface area contributed by atoms with E-state index >= 15 is 0 Å². The maximum absolute atomic E-state index is 10.3. The van der Waals surface area contributed by atoms with Crippen molar-refractivity contribution in [3.8, 4) is 0 Å². The molecule has 28 heavy (non-hydrogen) atoms. The van der Waals surface area contributed by atoms with Gasteiger partial charge >= 0.3 is 0 Å². The molecule has 3 N–H and O–H groups in total. The highest BCUT2D eigenvalue weighted by atomic mass is 16.6. The fourth-order valence-electron chi connectivity index (χ4n) is 3.46. The molecule has 0 saturated carbocycles. The van der Waals surface area contributed by atoms with Gasteiger partial charge in [-0.1, -0.05) is 30.3 Å². The number of hydrogen-bond acceptors (Lipinski definition) is 8. The fourth-order valence-corrected chi connectivity index (χ4v) is 3.46. The highest BCUT2D eigenvalue weighted by Gasteiger charge is 2.44. The van der Waals surface area contributed by atoms with Crippen LogP contribution in [0.25, 0.3) is 11.2 Å². The van der Waals surface area contributed by atoms with Crippen LogP contribution in [0.4, 0.5) is 5.82 Å². The Kier molecular flexibility index (Phi) is 5.23. The van der Waals surface area contributed by atoms with Crippen LogP contribution in [0.5, 0.6) is 0 Å². The zero-order valence-corrected chi connectivity index (χ0v) is 15.5. The first-order valence-electron chi connectivity index (χ1n) is 9.15. The topological polar surface area (TPSA) is 117 Å². The van der Waals surface area contributed by atoms with Crippen LogP contribution in [0.1, 0.15) is 11.8 Å². The number of hydrogen-bond donors (Lipinski definition) is 3. The van der Waals surface area contributed by atoms with Crippen LogP contribution in [-0.4, -0.2) is 73.3 Å². The molecule has 9 heteroatoms. The number of aliphatic hydroxyl groups excluding tert-OH is 3. The molecule has 2 aromatic heterocycles. The second-order valence-electron chi connectivity index (χ2n) is 6.91. The van der Waals surface area contributed by atoms with Gasteiger partial charge in [-0.25, -0.2) is 15.0 Å². The average molecular weight is 385 g/mol. The quantitative estimate of drug-likeness (QED) is 0.548. The number of aliphatic hydroxyl groups is 3. The van der Waals surface area contributed by atoms with Gasteiger partial charge in [0.15, 0.2) is 23.2 Å². The number of fused-ring (bicyclic) bond motifs is 1. The van der Waals surface area contributed by atoms with E-state index in [1.165, 1.54) is 18.2 Å². The molecule has 3 aromatic rings. The average Bonchev–Trinajstić information content (AvgIpc) is 3.28. The minimum absolute atomic E-state index is 0.385. The summed E-state index contributed by atoms with van der Waals surface area (Å²) in [5.41, 5.74) is 2.30. The molecule has 1 saturated heterocycles. The molecule has 0 unspecified atom stereocenters. The Bertz CT molecular complexity index is 934. The van der Waals surface area contributed by atoms with Gasteiger partial charge in [-0.15, -0.1) is 0 Å². The van der Waals surface area contributed by atoms with Crippen LogP contribution in [0.3, 0.4) is 0 Å². The van der Waals surface area contributed by atoms with E-state index in [1.807, 2.05) is 30.1 Å². The Morgan fingerprint density at radius 3 is 2.61 bits per heavy atom. The van der Waals surface area contributed by atoms with Crippen molar-refractivity contribution in [1.82, 2.24) is 19.5 Å². The van der Waals surface area contributed by atoms with E-state index in [0.717, 1.165) is 13.0 Å². The third-order valence-corrected chi connectivity index (χ3v) is 5.07. The van der Waals surface area contributed by atoms with E-state index in [0.29, 0.717) is 17.0 Å². The normalized spacial score (nSPS) is 24.7. The number of ether oxygens (including phenoxy) is 1. The third-order valence-electron chi connectivity index (χ3n) is 5.07. The molecular weight excluding hydrogens is 362 g/mol. The molecule has 1 aliphatic heterocycles. The largest absolute Gasteiger partial charge is 0.394 e. The molecule has 148 valence electrons. The number of aromatic nitrogens is 4. The van der Waals surface area contributed by atoms with Gasteiger partial charge in [-0.05, 0) is 12.0 Å². The first-order chi connectivity index (χ1) is 13.6. The van der Waals surface area contributed by atoms with Crippen LogP contribution in [0.2, 0.25) is 0 Å². The maximum atomic E-state index is 10.3. The number of nitrogens with zero attached hydrogens (tertiary/aromatic N) is 5. The van der Waals surface area contributed by atoms with Gasteiger partial charge in [0.2, 0.25) is 0 Å². The molecule has 1 fully saturated rings. The summed E-state index contributed by atoms with van der Waals surface area (Å²) in [7, 11) is 1.94. The summed E-state index contributed by atoms with van der Waals surface area (Å²) < 4.78 is 7.16. The van der Waals surface area contributed by atoms with E-state index in [-0.39, 0.29) is 6.61 Å². The molecule has 4 rings (SSSR count). The zero-order valence-electron chi connectivity index (χ0n) is 15.5. The summed E-state index contributed by atoms with van der Waals surface area (Å²) in [6.07, 6.45) is -0.295. The smallest absolute Gasteiger partial charge is 0.167 e. The summed E-state index contributed by atoms with van der Waals surface area (Å²) in [5.74, 6) is 0.673. The first-order valence-corrected chi connectivity index (χ1v) is 9.15. The predicted molar refractivity (Wildman–Crippen MR) is 102 cm³/mol. The predicted octanol–water partition coefficient (Wildman–Crippen LogP) is 0.117. The lowest BCUT2D eigenvalue weighted by atomic mass is 10.1. The Morgan fingerprint density at radius 2 is 1.89 bits per heavy atom. The van der Waals surface area contributed by atoms with E-state index < -0.39 is 24.5 Å². The molecule has 0 spiro atoms. The molecule has 4 atom stereocenters. The van der Waals surface area contributed by atoms with Crippen LogP contribution < -0.4 is 4.90 Å². The number of benzene rings is 1. The Balaban J connectivity index is 1.58. The van der Waals surface area contributed by atoms with Gasteiger partial charge in [0, 0.05) is 13.6 Å². The summed E-state index contributed by atoms with van der Waals surface area (Å²) in [4.78, 5) is 15.1. The minimum atomic E-state index is -1.19. The number of anilines is 1. The highest BCUT2D eigenvalue weighted by molar-refractivity contribution is 5.83. The van der Waals surface area contributed by atoms with Crippen molar-refractivity contribution in [3.05, 3.63) is 48.5 Å². The van der Waals surface area contributed by atoms with Crippen molar-refractivity contribution in [3.63, 3.8) is 0 Å². The van der Waals surface area contributed by atoms with Crippen LogP contribution >= 0.6 is 0 Å². The molecular formula is C19H23N5O4. The molecule has 0 amide bonds. The molecule has 1 aromatic carbocycles.